The molecule has 2 aromatic carbocycles. The van der Waals surface area contributed by atoms with Gasteiger partial charge in [-0.15, -0.1) is 0 Å². The van der Waals surface area contributed by atoms with Gasteiger partial charge in [0.05, 0.1) is 12.8 Å². The second-order valence-electron chi connectivity index (χ2n) is 5.42. The summed E-state index contributed by atoms with van der Waals surface area (Å²) in [4.78, 5) is 23.8. The maximum atomic E-state index is 11.9. The van der Waals surface area contributed by atoms with Gasteiger partial charge in [-0.1, -0.05) is 35.3 Å². The van der Waals surface area contributed by atoms with Crippen LogP contribution >= 0.6 is 23.2 Å². The molecule has 2 N–H and O–H groups in total. The SMILES string of the molecule is C/C(CC(=O)Nc1ccc(Cl)cc1)=N/NC(=O)Cc1ccc(Cl)cc1. The predicted octanol–water partition coefficient (Wildman–Crippen LogP) is 4.06. The van der Waals surface area contributed by atoms with Crippen molar-refractivity contribution in [2.45, 2.75) is 19.8 Å². The normalized spacial score (nSPS) is 11.1. The molecule has 0 heterocycles. The number of rotatable bonds is 6. The summed E-state index contributed by atoms with van der Waals surface area (Å²) in [5, 5.41) is 7.88. The molecule has 0 fully saturated rings. The minimum atomic E-state index is -0.264. The van der Waals surface area contributed by atoms with Gasteiger partial charge < -0.3 is 5.32 Å². The highest BCUT2D eigenvalue weighted by Gasteiger charge is 2.06. The average molecular weight is 378 g/mol. The number of hydrogen-bond acceptors (Lipinski definition) is 3. The number of hydrazone groups is 1. The summed E-state index contributed by atoms with van der Waals surface area (Å²) in [6, 6.07) is 13.8. The first-order chi connectivity index (χ1) is 11.9. The first kappa shape index (κ1) is 19.0. The van der Waals surface area contributed by atoms with E-state index in [1.165, 1.54) is 0 Å². The van der Waals surface area contributed by atoms with Crippen molar-refractivity contribution in [1.82, 2.24) is 5.43 Å². The Labute approximate surface area is 156 Å². The van der Waals surface area contributed by atoms with Crippen molar-refractivity contribution in [3.63, 3.8) is 0 Å². The molecule has 5 nitrogen and oxygen atoms in total. The Balaban J connectivity index is 1.79. The first-order valence-corrected chi connectivity index (χ1v) is 8.30. The Kier molecular flexibility index (Phi) is 6.98. The van der Waals surface area contributed by atoms with Gasteiger partial charge >= 0.3 is 0 Å². The standard InChI is InChI=1S/C18H17Cl2N3O2/c1-12(10-17(24)21-16-8-6-15(20)7-9-16)22-23-18(25)11-13-2-4-14(19)5-3-13/h2-9H,10-11H2,1H3,(H,21,24)(H,23,25)/b22-12-. The van der Waals surface area contributed by atoms with Crippen LogP contribution < -0.4 is 10.7 Å². The van der Waals surface area contributed by atoms with Gasteiger partial charge in [0.1, 0.15) is 0 Å². The summed E-state index contributed by atoms with van der Waals surface area (Å²) in [7, 11) is 0. The van der Waals surface area contributed by atoms with Crippen molar-refractivity contribution in [2.24, 2.45) is 5.10 Å². The first-order valence-electron chi connectivity index (χ1n) is 7.54. The van der Waals surface area contributed by atoms with Crippen molar-refractivity contribution in [1.29, 1.82) is 0 Å². The fourth-order valence-corrected chi connectivity index (χ4v) is 2.25. The number of amides is 2. The number of nitrogens with zero attached hydrogens (tertiary/aromatic N) is 1. The van der Waals surface area contributed by atoms with E-state index in [2.05, 4.69) is 15.8 Å². The van der Waals surface area contributed by atoms with Crippen LogP contribution in [0.25, 0.3) is 0 Å². The highest BCUT2D eigenvalue weighted by molar-refractivity contribution is 6.30. The molecule has 130 valence electrons. The van der Waals surface area contributed by atoms with Crippen molar-refractivity contribution in [3.8, 4) is 0 Å². The number of anilines is 1. The number of hydrogen-bond donors (Lipinski definition) is 2. The van der Waals surface area contributed by atoms with E-state index in [1.807, 2.05) is 0 Å². The lowest BCUT2D eigenvalue weighted by Crippen LogP contribution is -2.22. The van der Waals surface area contributed by atoms with E-state index in [0.29, 0.717) is 21.4 Å². The lowest BCUT2D eigenvalue weighted by atomic mass is 10.1. The Bertz CT molecular complexity index is 772. The van der Waals surface area contributed by atoms with Crippen molar-refractivity contribution < 1.29 is 9.59 Å². The maximum absolute atomic E-state index is 11.9. The summed E-state index contributed by atoms with van der Waals surface area (Å²) >= 11 is 11.6. The molecule has 0 saturated heterocycles. The summed E-state index contributed by atoms with van der Waals surface area (Å²) in [6.07, 6.45) is 0.259. The third-order valence-electron chi connectivity index (χ3n) is 3.19. The molecule has 7 heteroatoms. The summed E-state index contributed by atoms with van der Waals surface area (Å²) < 4.78 is 0. The van der Waals surface area contributed by atoms with Crippen LogP contribution in [0.2, 0.25) is 10.0 Å². The van der Waals surface area contributed by atoms with Crippen LogP contribution in [0, 0.1) is 0 Å². The second kappa shape index (κ2) is 9.20. The van der Waals surface area contributed by atoms with E-state index in [0.717, 1.165) is 5.56 Å². The molecule has 2 rings (SSSR count). The van der Waals surface area contributed by atoms with Gasteiger partial charge in [-0.25, -0.2) is 5.43 Å². The molecule has 0 unspecified atom stereocenters. The fourth-order valence-electron chi connectivity index (χ4n) is 2.00. The Hall–Kier alpha value is -2.37. The van der Waals surface area contributed by atoms with Gasteiger partial charge in [-0.05, 0) is 48.9 Å². The molecular formula is C18H17Cl2N3O2. The molecule has 0 atom stereocenters. The van der Waals surface area contributed by atoms with E-state index in [-0.39, 0.29) is 24.7 Å². The monoisotopic (exact) mass is 377 g/mol. The minimum Gasteiger partial charge on any atom is -0.326 e. The quantitative estimate of drug-likeness (QED) is 0.588. The second-order valence-corrected chi connectivity index (χ2v) is 6.29. The van der Waals surface area contributed by atoms with Gasteiger partial charge in [0, 0.05) is 21.4 Å². The van der Waals surface area contributed by atoms with E-state index < -0.39 is 0 Å². The molecule has 0 spiro atoms. The molecule has 2 amide bonds. The Morgan fingerprint density at radius 1 is 0.920 bits per heavy atom. The van der Waals surface area contributed by atoms with Crippen LogP contribution in [-0.4, -0.2) is 17.5 Å². The molecule has 0 bridgehead atoms. The van der Waals surface area contributed by atoms with Crippen LogP contribution in [0.1, 0.15) is 18.9 Å². The average Bonchev–Trinajstić information content (AvgIpc) is 2.57. The molecule has 0 aliphatic carbocycles. The lowest BCUT2D eigenvalue weighted by molar-refractivity contribution is -0.120. The van der Waals surface area contributed by atoms with E-state index >= 15 is 0 Å². The van der Waals surface area contributed by atoms with Crippen molar-refractivity contribution in [2.75, 3.05) is 5.32 Å². The third kappa shape index (κ3) is 6.95. The van der Waals surface area contributed by atoms with Crippen molar-refractivity contribution >= 4 is 46.4 Å². The van der Waals surface area contributed by atoms with Crippen molar-refractivity contribution in [3.05, 3.63) is 64.1 Å². The number of benzene rings is 2. The molecule has 25 heavy (non-hydrogen) atoms. The molecule has 0 aliphatic rings. The smallest absolute Gasteiger partial charge is 0.244 e. The number of carbonyl (C=O) groups excluding carboxylic acids is 2. The summed E-state index contributed by atoms with van der Waals surface area (Å²) in [6.45, 7) is 1.67. The van der Waals surface area contributed by atoms with Crippen LogP contribution in [0.5, 0.6) is 0 Å². The van der Waals surface area contributed by atoms with Gasteiger partial charge in [0.2, 0.25) is 11.8 Å². The van der Waals surface area contributed by atoms with Crippen LogP contribution in [-0.2, 0) is 16.0 Å². The molecule has 0 aliphatic heterocycles. The summed E-state index contributed by atoms with van der Waals surface area (Å²) in [5.74, 6) is -0.490. The zero-order chi connectivity index (χ0) is 18.2. The van der Waals surface area contributed by atoms with Gasteiger partial charge in [-0.2, -0.15) is 5.10 Å². The maximum Gasteiger partial charge on any atom is 0.244 e. The Morgan fingerprint density at radius 3 is 2.08 bits per heavy atom. The molecule has 2 aromatic rings. The van der Waals surface area contributed by atoms with Crippen LogP contribution in [0.3, 0.4) is 0 Å². The molecular weight excluding hydrogens is 361 g/mol. The summed E-state index contributed by atoms with van der Waals surface area (Å²) in [5.41, 5.74) is 4.41. The number of nitrogens with one attached hydrogen (secondary N) is 2. The van der Waals surface area contributed by atoms with E-state index in [1.54, 1.807) is 55.5 Å². The van der Waals surface area contributed by atoms with Gasteiger partial charge in [-0.3, -0.25) is 9.59 Å². The van der Waals surface area contributed by atoms with E-state index in [9.17, 15) is 9.59 Å². The molecule has 0 radical (unpaired) electrons. The van der Waals surface area contributed by atoms with E-state index in [4.69, 9.17) is 23.2 Å². The number of carbonyl (C=O) groups is 2. The fraction of sp³-hybridized carbons (Fsp3) is 0.167. The Morgan fingerprint density at radius 2 is 1.48 bits per heavy atom. The van der Waals surface area contributed by atoms with Gasteiger partial charge in [0.15, 0.2) is 0 Å². The highest BCUT2D eigenvalue weighted by Crippen LogP contribution is 2.13. The van der Waals surface area contributed by atoms with Crippen LogP contribution in [0.4, 0.5) is 5.69 Å². The highest BCUT2D eigenvalue weighted by atomic mass is 35.5. The molecule has 0 saturated carbocycles. The number of halogens is 2. The molecule has 0 aromatic heterocycles. The topological polar surface area (TPSA) is 70.6 Å². The zero-order valence-corrected chi connectivity index (χ0v) is 15.1. The predicted molar refractivity (Wildman–Crippen MR) is 101 cm³/mol. The minimum absolute atomic E-state index is 0.0733. The van der Waals surface area contributed by atoms with Gasteiger partial charge in [0.25, 0.3) is 0 Å². The zero-order valence-electron chi connectivity index (χ0n) is 13.6. The lowest BCUT2D eigenvalue weighted by Gasteiger charge is -2.06. The largest absolute Gasteiger partial charge is 0.326 e. The van der Waals surface area contributed by atoms with Crippen LogP contribution in [0.15, 0.2) is 53.6 Å². The third-order valence-corrected chi connectivity index (χ3v) is 3.70.